The summed E-state index contributed by atoms with van der Waals surface area (Å²) < 4.78 is 0. The van der Waals surface area contributed by atoms with Crippen LogP contribution in [0.15, 0.2) is 4.99 Å². The maximum Gasteiger partial charge on any atom is 0.212 e. The lowest BCUT2D eigenvalue weighted by molar-refractivity contribution is 0.232. The molecule has 0 aliphatic heterocycles. The zero-order valence-electron chi connectivity index (χ0n) is 7.51. The van der Waals surface area contributed by atoms with E-state index in [9.17, 15) is 0 Å². The number of hydrogen-bond donors (Lipinski definition) is 3. The molecule has 0 atom stereocenters. The SMILES string of the molecule is CCCC1(CN=C(N)NO)CC1. The lowest BCUT2D eigenvalue weighted by Gasteiger charge is -2.10. The van der Waals surface area contributed by atoms with Gasteiger partial charge in [-0.15, -0.1) is 0 Å². The molecule has 1 aliphatic rings. The van der Waals surface area contributed by atoms with Gasteiger partial charge in [-0.05, 0) is 24.7 Å². The molecule has 0 radical (unpaired) electrons. The Morgan fingerprint density at radius 3 is 2.75 bits per heavy atom. The van der Waals surface area contributed by atoms with Gasteiger partial charge in [-0.2, -0.15) is 0 Å². The molecule has 0 aromatic carbocycles. The van der Waals surface area contributed by atoms with Crippen molar-refractivity contribution in [1.82, 2.24) is 5.48 Å². The van der Waals surface area contributed by atoms with E-state index in [0.717, 1.165) is 6.54 Å². The monoisotopic (exact) mass is 171 g/mol. The molecule has 0 bridgehead atoms. The van der Waals surface area contributed by atoms with Crippen LogP contribution in [0.25, 0.3) is 0 Å². The first-order chi connectivity index (χ1) is 5.72. The Kier molecular flexibility index (Phi) is 2.92. The normalized spacial score (nSPS) is 20.7. The highest BCUT2D eigenvalue weighted by molar-refractivity contribution is 5.76. The Morgan fingerprint density at radius 2 is 2.33 bits per heavy atom. The first kappa shape index (κ1) is 9.32. The van der Waals surface area contributed by atoms with Gasteiger partial charge in [0.05, 0.1) is 0 Å². The van der Waals surface area contributed by atoms with Gasteiger partial charge in [0, 0.05) is 6.54 Å². The van der Waals surface area contributed by atoms with Crippen molar-refractivity contribution in [3.05, 3.63) is 0 Å². The second-order valence-electron chi connectivity index (χ2n) is 3.56. The minimum Gasteiger partial charge on any atom is -0.368 e. The molecule has 0 saturated heterocycles. The van der Waals surface area contributed by atoms with E-state index in [4.69, 9.17) is 10.9 Å². The Hall–Kier alpha value is -0.770. The van der Waals surface area contributed by atoms with Crippen molar-refractivity contribution in [2.24, 2.45) is 16.1 Å². The molecule has 4 N–H and O–H groups in total. The Balaban J connectivity index is 2.30. The quantitative estimate of drug-likeness (QED) is 0.334. The first-order valence-electron chi connectivity index (χ1n) is 4.42. The van der Waals surface area contributed by atoms with E-state index < -0.39 is 0 Å². The smallest absolute Gasteiger partial charge is 0.212 e. The fraction of sp³-hybridized carbons (Fsp3) is 0.875. The van der Waals surface area contributed by atoms with Gasteiger partial charge < -0.3 is 5.73 Å². The van der Waals surface area contributed by atoms with Gasteiger partial charge >= 0.3 is 0 Å². The Labute approximate surface area is 72.8 Å². The van der Waals surface area contributed by atoms with E-state index in [-0.39, 0.29) is 5.96 Å². The van der Waals surface area contributed by atoms with Crippen LogP contribution in [0.2, 0.25) is 0 Å². The minimum atomic E-state index is 0.123. The average Bonchev–Trinajstić information content (AvgIpc) is 2.82. The summed E-state index contributed by atoms with van der Waals surface area (Å²) in [5.41, 5.74) is 7.54. The van der Waals surface area contributed by atoms with Gasteiger partial charge in [-0.3, -0.25) is 10.2 Å². The molecule has 12 heavy (non-hydrogen) atoms. The predicted octanol–water partition coefficient (Wildman–Crippen LogP) is 0.860. The summed E-state index contributed by atoms with van der Waals surface area (Å²) in [7, 11) is 0. The lowest BCUT2D eigenvalue weighted by atomic mass is 10.0. The molecule has 0 spiro atoms. The second-order valence-corrected chi connectivity index (χ2v) is 3.56. The molecule has 70 valence electrons. The van der Waals surface area contributed by atoms with Crippen LogP contribution in [0.4, 0.5) is 0 Å². The van der Waals surface area contributed by atoms with Crippen molar-refractivity contribution in [2.75, 3.05) is 6.54 Å². The molecule has 1 fully saturated rings. The average molecular weight is 171 g/mol. The van der Waals surface area contributed by atoms with E-state index in [2.05, 4.69) is 11.9 Å². The van der Waals surface area contributed by atoms with Crippen LogP contribution in [0.1, 0.15) is 32.6 Å². The van der Waals surface area contributed by atoms with Crippen LogP contribution >= 0.6 is 0 Å². The summed E-state index contributed by atoms with van der Waals surface area (Å²) >= 11 is 0. The van der Waals surface area contributed by atoms with Gasteiger partial charge in [-0.25, -0.2) is 5.48 Å². The van der Waals surface area contributed by atoms with E-state index in [1.54, 1.807) is 0 Å². The van der Waals surface area contributed by atoms with E-state index in [1.165, 1.54) is 25.7 Å². The molecule has 1 rings (SSSR count). The summed E-state index contributed by atoms with van der Waals surface area (Å²) in [4.78, 5) is 4.03. The largest absolute Gasteiger partial charge is 0.368 e. The summed E-state index contributed by atoms with van der Waals surface area (Å²) in [6.45, 7) is 2.93. The van der Waals surface area contributed by atoms with Crippen LogP contribution in [-0.2, 0) is 0 Å². The molecule has 0 aromatic heterocycles. The molecule has 1 aliphatic carbocycles. The molecule has 4 nitrogen and oxygen atoms in total. The Bertz CT molecular complexity index is 175. The number of aliphatic imine (C=N–C) groups is 1. The van der Waals surface area contributed by atoms with Crippen molar-refractivity contribution in [3.63, 3.8) is 0 Å². The number of nitrogens with one attached hydrogen (secondary N) is 1. The summed E-state index contributed by atoms with van der Waals surface area (Å²) in [6.07, 6.45) is 4.92. The van der Waals surface area contributed by atoms with Crippen molar-refractivity contribution < 1.29 is 5.21 Å². The van der Waals surface area contributed by atoms with Gasteiger partial charge in [-0.1, -0.05) is 13.3 Å². The Morgan fingerprint density at radius 1 is 1.67 bits per heavy atom. The number of nitrogens with two attached hydrogens (primary N) is 1. The van der Waals surface area contributed by atoms with E-state index in [1.807, 2.05) is 5.48 Å². The van der Waals surface area contributed by atoms with Crippen LogP contribution in [0, 0.1) is 5.41 Å². The second kappa shape index (κ2) is 3.76. The molecular weight excluding hydrogens is 154 g/mol. The lowest BCUT2D eigenvalue weighted by Crippen LogP contribution is -2.29. The van der Waals surface area contributed by atoms with Crippen molar-refractivity contribution in [1.29, 1.82) is 0 Å². The van der Waals surface area contributed by atoms with E-state index in [0.29, 0.717) is 5.41 Å². The molecule has 0 aromatic rings. The first-order valence-corrected chi connectivity index (χ1v) is 4.42. The number of guanidine groups is 1. The zero-order chi connectivity index (χ0) is 9.03. The maximum absolute atomic E-state index is 8.38. The minimum absolute atomic E-state index is 0.123. The van der Waals surface area contributed by atoms with Gasteiger partial charge in [0.2, 0.25) is 5.96 Å². The highest BCUT2D eigenvalue weighted by atomic mass is 16.5. The molecule has 0 unspecified atom stereocenters. The molecular formula is C8H17N3O. The molecule has 1 saturated carbocycles. The third-order valence-electron chi connectivity index (χ3n) is 2.44. The highest BCUT2D eigenvalue weighted by Gasteiger charge is 2.41. The summed E-state index contributed by atoms with van der Waals surface area (Å²) in [5, 5.41) is 8.38. The standard InChI is InChI=1S/C8H17N3O/c1-2-3-8(4-5-8)6-10-7(9)11-12/h12H,2-6H2,1H3,(H3,9,10,11). The number of rotatable bonds is 4. The fourth-order valence-electron chi connectivity index (χ4n) is 1.48. The van der Waals surface area contributed by atoms with Crippen LogP contribution in [-0.4, -0.2) is 17.7 Å². The highest BCUT2D eigenvalue weighted by Crippen LogP contribution is 2.49. The molecule has 0 amide bonds. The van der Waals surface area contributed by atoms with Crippen molar-refractivity contribution >= 4 is 5.96 Å². The van der Waals surface area contributed by atoms with Crippen LogP contribution in [0.5, 0.6) is 0 Å². The number of hydrogen-bond acceptors (Lipinski definition) is 2. The third-order valence-corrected chi connectivity index (χ3v) is 2.44. The van der Waals surface area contributed by atoms with Crippen molar-refractivity contribution in [2.45, 2.75) is 32.6 Å². The summed E-state index contributed by atoms with van der Waals surface area (Å²) in [6, 6.07) is 0. The third kappa shape index (κ3) is 2.37. The fourth-order valence-corrected chi connectivity index (χ4v) is 1.48. The van der Waals surface area contributed by atoms with Crippen molar-refractivity contribution in [3.8, 4) is 0 Å². The molecule has 4 heteroatoms. The van der Waals surface area contributed by atoms with Gasteiger partial charge in [0.1, 0.15) is 0 Å². The molecule has 0 heterocycles. The van der Waals surface area contributed by atoms with E-state index >= 15 is 0 Å². The van der Waals surface area contributed by atoms with Gasteiger partial charge in [0.15, 0.2) is 0 Å². The van der Waals surface area contributed by atoms with Crippen LogP contribution in [0.3, 0.4) is 0 Å². The predicted molar refractivity (Wildman–Crippen MR) is 48.0 cm³/mol. The van der Waals surface area contributed by atoms with Gasteiger partial charge in [0.25, 0.3) is 0 Å². The number of hydroxylamine groups is 1. The zero-order valence-corrected chi connectivity index (χ0v) is 7.51. The van der Waals surface area contributed by atoms with Crippen LogP contribution < -0.4 is 11.2 Å². The topological polar surface area (TPSA) is 70.6 Å². The maximum atomic E-state index is 8.38. The summed E-state index contributed by atoms with van der Waals surface area (Å²) in [5.74, 6) is 0.123. The number of nitrogens with zero attached hydrogens (tertiary/aromatic N) is 1.